The highest BCUT2D eigenvalue weighted by atomic mass is 19.4. The number of halogens is 3. The fourth-order valence-electron chi connectivity index (χ4n) is 5.73. The van der Waals surface area contributed by atoms with Crippen molar-refractivity contribution in [1.29, 1.82) is 0 Å². The Morgan fingerprint density at radius 3 is 2.31 bits per heavy atom. The third-order valence-electron chi connectivity index (χ3n) is 6.68. The molecule has 4 aliphatic carbocycles. The van der Waals surface area contributed by atoms with Crippen molar-refractivity contribution in [1.82, 2.24) is 0 Å². The third-order valence-corrected chi connectivity index (χ3v) is 6.68. The van der Waals surface area contributed by atoms with E-state index in [0.29, 0.717) is 17.9 Å². The van der Waals surface area contributed by atoms with Gasteiger partial charge in [0.2, 0.25) is 0 Å². The van der Waals surface area contributed by atoms with Crippen LogP contribution in [0.3, 0.4) is 0 Å². The smallest absolute Gasteiger partial charge is 0.333 e. The van der Waals surface area contributed by atoms with Crippen LogP contribution in [0.1, 0.15) is 44.6 Å². The molecule has 142 valence electrons. The Labute approximate surface area is 151 Å². The zero-order chi connectivity index (χ0) is 18.5. The number of hydrogen-bond donors (Lipinski definition) is 2. The van der Waals surface area contributed by atoms with Crippen molar-refractivity contribution in [2.24, 2.45) is 23.7 Å². The van der Waals surface area contributed by atoms with Crippen molar-refractivity contribution in [3.63, 3.8) is 0 Å². The van der Waals surface area contributed by atoms with E-state index in [1.165, 1.54) is 44.2 Å². The minimum atomic E-state index is -4.40. The lowest BCUT2D eigenvalue weighted by Gasteiger charge is -2.53. The van der Waals surface area contributed by atoms with Gasteiger partial charge in [0.25, 0.3) is 5.91 Å². The van der Waals surface area contributed by atoms with Gasteiger partial charge in [-0.05, 0) is 69.1 Å². The minimum absolute atomic E-state index is 0.204. The Bertz CT molecular complexity index is 660. The molecule has 0 heterocycles. The molecular weight excluding hydrogens is 341 g/mol. The van der Waals surface area contributed by atoms with Crippen LogP contribution in [0, 0.1) is 23.7 Å². The van der Waals surface area contributed by atoms with Gasteiger partial charge in [-0.25, -0.2) is 0 Å². The molecule has 0 unspecified atom stereocenters. The summed E-state index contributed by atoms with van der Waals surface area (Å²) < 4.78 is 38.5. The van der Waals surface area contributed by atoms with Gasteiger partial charge in [-0.3, -0.25) is 4.79 Å². The fraction of sp³-hybridized carbons (Fsp3) is 0.650. The highest BCUT2D eigenvalue weighted by Crippen LogP contribution is 2.52. The number of benzene rings is 1. The largest absolute Gasteiger partial charge is 0.416 e. The van der Waals surface area contributed by atoms with Crippen molar-refractivity contribution < 1.29 is 23.3 Å². The van der Waals surface area contributed by atoms with Gasteiger partial charge in [-0.2, -0.15) is 13.2 Å². The zero-order valence-electron chi connectivity index (χ0n) is 14.9. The van der Waals surface area contributed by atoms with Crippen molar-refractivity contribution in [2.45, 2.75) is 57.3 Å². The molecule has 4 fully saturated rings. The summed E-state index contributed by atoms with van der Waals surface area (Å²) in [7, 11) is 0. The first-order valence-corrected chi connectivity index (χ1v) is 9.62. The Balaban J connectivity index is 1.38. The van der Waals surface area contributed by atoms with Gasteiger partial charge in [0.05, 0.1) is 11.6 Å². The van der Waals surface area contributed by atoms with E-state index < -0.39 is 11.7 Å². The van der Waals surface area contributed by atoms with E-state index in [-0.39, 0.29) is 17.6 Å². The Hall–Kier alpha value is -1.56. The molecule has 6 heteroatoms. The second-order valence-corrected chi connectivity index (χ2v) is 8.56. The SMILES string of the molecule is C[C@@H]([NH2+]C1C2CC3CC(C2)CC1C3)C(=O)Nc1cccc(C(F)(F)F)c1. The topological polar surface area (TPSA) is 45.7 Å². The molecule has 4 bridgehead atoms. The fourth-order valence-corrected chi connectivity index (χ4v) is 5.73. The summed E-state index contributed by atoms with van der Waals surface area (Å²) in [6, 6.07) is 5.03. The summed E-state index contributed by atoms with van der Waals surface area (Å²) in [6.07, 6.45) is 2.14. The van der Waals surface area contributed by atoms with Gasteiger partial charge in [0.15, 0.2) is 6.04 Å². The lowest BCUT2D eigenvalue weighted by molar-refractivity contribution is -0.724. The lowest BCUT2D eigenvalue weighted by Crippen LogP contribution is -2.99. The van der Waals surface area contributed by atoms with Crippen LogP contribution in [0.5, 0.6) is 0 Å². The van der Waals surface area contributed by atoms with Crippen molar-refractivity contribution in [3.8, 4) is 0 Å². The normalized spacial score (nSPS) is 33.9. The van der Waals surface area contributed by atoms with Crippen LogP contribution in [0.4, 0.5) is 18.9 Å². The quantitative estimate of drug-likeness (QED) is 0.842. The summed E-state index contributed by atoms with van der Waals surface area (Å²) in [5.41, 5.74) is -0.539. The number of amides is 1. The highest BCUT2D eigenvalue weighted by Gasteiger charge is 2.50. The number of nitrogens with two attached hydrogens (primary N) is 1. The number of hydrogen-bond acceptors (Lipinski definition) is 1. The molecule has 3 nitrogen and oxygen atoms in total. The van der Waals surface area contributed by atoms with Crippen LogP contribution < -0.4 is 10.6 Å². The summed E-state index contributed by atoms with van der Waals surface area (Å²) >= 11 is 0. The molecule has 4 saturated carbocycles. The maximum atomic E-state index is 12.8. The number of rotatable bonds is 4. The van der Waals surface area contributed by atoms with Crippen LogP contribution in [0.15, 0.2) is 24.3 Å². The minimum Gasteiger partial charge on any atom is -0.333 e. The van der Waals surface area contributed by atoms with Crippen LogP contribution in [0.25, 0.3) is 0 Å². The molecule has 1 aromatic carbocycles. The van der Waals surface area contributed by atoms with Gasteiger partial charge in [0, 0.05) is 17.5 Å². The molecule has 0 saturated heterocycles. The molecule has 5 rings (SSSR count). The number of nitrogens with one attached hydrogen (secondary N) is 1. The van der Waals surface area contributed by atoms with Crippen molar-refractivity contribution >= 4 is 11.6 Å². The Morgan fingerprint density at radius 2 is 1.73 bits per heavy atom. The molecule has 3 N–H and O–H groups in total. The van der Waals surface area contributed by atoms with Gasteiger partial charge in [0.1, 0.15) is 0 Å². The van der Waals surface area contributed by atoms with Crippen molar-refractivity contribution in [3.05, 3.63) is 29.8 Å². The molecule has 1 aromatic rings. The molecule has 0 spiro atoms. The first kappa shape index (κ1) is 17.8. The average molecular weight is 367 g/mol. The molecular formula is C20H26F3N2O+. The highest BCUT2D eigenvalue weighted by molar-refractivity contribution is 5.93. The van der Waals surface area contributed by atoms with E-state index in [0.717, 1.165) is 24.0 Å². The average Bonchev–Trinajstić information content (AvgIpc) is 2.56. The number of alkyl halides is 3. The predicted octanol–water partition coefficient (Wildman–Crippen LogP) is 3.42. The Kier molecular flexibility index (Phi) is 4.49. The summed E-state index contributed by atoms with van der Waals surface area (Å²) in [5, 5.41) is 4.83. The van der Waals surface area contributed by atoms with Crippen molar-refractivity contribution in [2.75, 3.05) is 5.32 Å². The number of quaternary nitrogens is 1. The lowest BCUT2D eigenvalue weighted by atomic mass is 9.54. The standard InChI is InChI=1S/C20H25F3N2O/c1-11(19(26)25-17-4-2-3-16(10-17)20(21,22)23)24-18-14-6-12-5-13(8-14)9-15(18)7-12/h2-4,10-15,18,24H,5-9H2,1H3,(H,25,26)/p+1/t11-,12?,13?,14?,15?,18?/m1/s1. The molecule has 1 amide bonds. The molecule has 0 radical (unpaired) electrons. The summed E-state index contributed by atoms with van der Waals surface area (Å²) in [6.45, 7) is 1.86. The van der Waals surface area contributed by atoms with Gasteiger partial charge >= 0.3 is 6.18 Å². The van der Waals surface area contributed by atoms with E-state index in [9.17, 15) is 18.0 Å². The first-order chi connectivity index (χ1) is 12.3. The second kappa shape index (κ2) is 6.55. The van der Waals surface area contributed by atoms with Crippen LogP contribution in [-0.4, -0.2) is 18.0 Å². The summed E-state index contributed by atoms with van der Waals surface area (Å²) in [5.74, 6) is 2.95. The van der Waals surface area contributed by atoms with Gasteiger partial charge < -0.3 is 10.6 Å². The predicted molar refractivity (Wildman–Crippen MR) is 92.3 cm³/mol. The van der Waals surface area contributed by atoms with E-state index in [1.807, 2.05) is 6.92 Å². The van der Waals surface area contributed by atoms with Crippen LogP contribution >= 0.6 is 0 Å². The van der Waals surface area contributed by atoms with E-state index in [2.05, 4.69) is 10.6 Å². The number of carbonyl (C=O) groups excluding carboxylic acids is 1. The number of carbonyl (C=O) groups is 1. The first-order valence-electron chi connectivity index (χ1n) is 9.62. The van der Waals surface area contributed by atoms with E-state index >= 15 is 0 Å². The maximum absolute atomic E-state index is 12.8. The monoisotopic (exact) mass is 367 g/mol. The van der Waals surface area contributed by atoms with E-state index in [1.54, 1.807) is 0 Å². The third kappa shape index (κ3) is 3.48. The van der Waals surface area contributed by atoms with E-state index in [4.69, 9.17) is 0 Å². The summed E-state index contributed by atoms with van der Waals surface area (Å²) in [4.78, 5) is 12.5. The number of anilines is 1. The van der Waals surface area contributed by atoms with Gasteiger partial charge in [-0.1, -0.05) is 6.07 Å². The molecule has 1 atom stereocenters. The van der Waals surface area contributed by atoms with Crippen LogP contribution in [-0.2, 0) is 11.0 Å². The molecule has 0 aliphatic heterocycles. The molecule has 0 aromatic heterocycles. The van der Waals surface area contributed by atoms with Crippen LogP contribution in [0.2, 0.25) is 0 Å². The maximum Gasteiger partial charge on any atom is 0.416 e. The zero-order valence-corrected chi connectivity index (χ0v) is 14.9. The molecule has 4 aliphatic rings. The van der Waals surface area contributed by atoms with Gasteiger partial charge in [-0.15, -0.1) is 0 Å². The second-order valence-electron chi connectivity index (χ2n) is 8.56. The molecule has 26 heavy (non-hydrogen) atoms. The Morgan fingerprint density at radius 1 is 1.12 bits per heavy atom.